The van der Waals surface area contributed by atoms with Gasteiger partial charge in [0.2, 0.25) is 5.92 Å². The molecular formula is C88H163F11O9. The first-order valence-corrected chi connectivity index (χ1v) is 42.8. The third-order valence-electron chi connectivity index (χ3n) is 28.1. The highest BCUT2D eigenvalue weighted by molar-refractivity contribution is 5.04. The number of hydrogen-bond donors (Lipinski definition) is 9. The molecule has 0 aromatic heterocycles. The van der Waals surface area contributed by atoms with Gasteiger partial charge in [-0.3, -0.25) is 0 Å². The molecule has 108 heavy (non-hydrogen) atoms. The molecule has 9 nitrogen and oxygen atoms in total. The fourth-order valence-electron chi connectivity index (χ4n) is 18.3. The molecule has 0 aliphatic heterocycles. The molecule has 10 aliphatic rings. The Balaban J connectivity index is 0.000000413. The van der Waals surface area contributed by atoms with Gasteiger partial charge in [0.15, 0.2) is 0 Å². The fourth-order valence-corrected chi connectivity index (χ4v) is 18.3. The summed E-state index contributed by atoms with van der Waals surface area (Å²) in [7, 11) is 0. The van der Waals surface area contributed by atoms with E-state index in [1.165, 1.54) is 64.2 Å². The van der Waals surface area contributed by atoms with Crippen LogP contribution in [0.15, 0.2) is 0 Å². The van der Waals surface area contributed by atoms with Crippen LogP contribution in [-0.4, -0.2) is 126 Å². The average molecular weight is 1570 g/mol. The van der Waals surface area contributed by atoms with Crippen LogP contribution in [0.4, 0.5) is 48.3 Å². The highest BCUT2D eigenvalue weighted by Crippen LogP contribution is 2.60. The molecule has 646 valence electrons. The standard InChI is InChI=1S/C11H20O.C11H22O.C10H17F3O.2C10H20O.4C9H16F2O/c1-9(2)11(12)5-3-4-10(8-11)6-7-10;1-9(2)11(12)7-5-6-10(3,4)8-11;1-7(2)9(14)5-3-4-8(6-9)10(11,12)13;2*1-8(2)10(11)6-4-5-9(3)7-10;1-7(2)8(12)3-5-9(10,11)6-4-8;3*1-7(2)8(12)4-3-5-9(10,11)6-8/h9,12H,3-8H2,1-2H3;9,12H,5-8H2,1-4H3;7-8,14H,3-6H2,1-2H3;2*8-9,11H,4-7H2,1-3H3;4*7,12H,3-6H2,1-2H3/t;;;2*9-,10-;;2*8-;/m...10.10./s1. The number of alkyl halides is 11. The summed E-state index contributed by atoms with van der Waals surface area (Å²) in [5, 5.41) is 90.1. The zero-order valence-electron chi connectivity index (χ0n) is 72.0. The summed E-state index contributed by atoms with van der Waals surface area (Å²) in [6.07, 6.45) is 19.5. The van der Waals surface area contributed by atoms with Crippen molar-refractivity contribution in [2.45, 2.75) is 477 Å². The second-order valence-corrected chi connectivity index (χ2v) is 40.8. The minimum absolute atomic E-state index is 0.0674. The Bertz CT molecular complexity index is 2310. The van der Waals surface area contributed by atoms with E-state index < -0.39 is 63.8 Å². The van der Waals surface area contributed by atoms with E-state index in [9.17, 15) is 94.3 Å². The molecule has 0 saturated heterocycles. The quantitative estimate of drug-likeness (QED) is 0.102. The van der Waals surface area contributed by atoms with Crippen molar-refractivity contribution < 1.29 is 94.3 Å². The first kappa shape index (κ1) is 103. The van der Waals surface area contributed by atoms with Gasteiger partial charge in [0.05, 0.1) is 56.3 Å². The largest absolute Gasteiger partial charge is 0.391 e. The number of hydrogen-bond acceptors (Lipinski definition) is 9. The zero-order valence-corrected chi connectivity index (χ0v) is 72.0. The van der Waals surface area contributed by atoms with Gasteiger partial charge >= 0.3 is 6.18 Å². The molecule has 11 atom stereocenters. The number of rotatable bonds is 9. The van der Waals surface area contributed by atoms with Crippen LogP contribution >= 0.6 is 0 Å². The van der Waals surface area contributed by atoms with E-state index in [2.05, 4.69) is 83.1 Å². The van der Waals surface area contributed by atoms with Gasteiger partial charge in [-0.1, -0.05) is 191 Å². The predicted octanol–water partition coefficient (Wildman–Crippen LogP) is 24.3. The lowest BCUT2D eigenvalue weighted by atomic mass is 9.66. The Hall–Kier alpha value is -1.13. The van der Waals surface area contributed by atoms with E-state index in [1.54, 1.807) is 55.4 Å². The van der Waals surface area contributed by atoms with E-state index in [1.807, 2.05) is 13.8 Å². The van der Waals surface area contributed by atoms with Crippen LogP contribution in [0.1, 0.15) is 396 Å². The van der Waals surface area contributed by atoms with Crippen LogP contribution in [0.5, 0.6) is 0 Å². The van der Waals surface area contributed by atoms with E-state index in [-0.39, 0.29) is 129 Å². The van der Waals surface area contributed by atoms with Crippen LogP contribution in [-0.2, 0) is 0 Å². The average Bonchev–Trinajstić information content (AvgIpc) is 1.61. The Morgan fingerprint density at radius 2 is 0.500 bits per heavy atom. The molecule has 9 N–H and O–H groups in total. The van der Waals surface area contributed by atoms with Crippen LogP contribution < -0.4 is 0 Å². The van der Waals surface area contributed by atoms with Gasteiger partial charge in [0.25, 0.3) is 17.8 Å². The molecule has 0 aromatic rings. The zero-order chi connectivity index (χ0) is 83.8. The Kier molecular flexibility index (Phi) is 38.9. The first-order valence-electron chi connectivity index (χ1n) is 42.8. The van der Waals surface area contributed by atoms with Crippen molar-refractivity contribution in [1.82, 2.24) is 0 Å². The van der Waals surface area contributed by atoms with Crippen molar-refractivity contribution >= 4 is 0 Å². The van der Waals surface area contributed by atoms with Crippen LogP contribution in [0.25, 0.3) is 0 Å². The predicted molar refractivity (Wildman–Crippen MR) is 417 cm³/mol. The molecule has 1 spiro atoms. The van der Waals surface area contributed by atoms with E-state index in [0.717, 1.165) is 63.2 Å². The molecular weight excluding hydrogens is 1410 g/mol. The van der Waals surface area contributed by atoms with E-state index in [0.29, 0.717) is 85.9 Å². The van der Waals surface area contributed by atoms with Crippen LogP contribution in [0, 0.1) is 81.8 Å². The van der Waals surface area contributed by atoms with Gasteiger partial charge in [-0.25, -0.2) is 35.1 Å². The number of halogens is 11. The van der Waals surface area contributed by atoms with Crippen LogP contribution in [0.2, 0.25) is 0 Å². The van der Waals surface area contributed by atoms with E-state index >= 15 is 0 Å². The summed E-state index contributed by atoms with van der Waals surface area (Å²) in [6, 6.07) is 0. The number of aliphatic hydroxyl groups is 9. The third-order valence-corrected chi connectivity index (χ3v) is 28.1. The Labute approximate surface area is 649 Å². The summed E-state index contributed by atoms with van der Waals surface area (Å²) in [5.74, 6) is -8.97. The summed E-state index contributed by atoms with van der Waals surface area (Å²) in [6.45, 7) is 44.1. The first-order chi connectivity index (χ1) is 48.7. The maximum atomic E-state index is 12.9. The topological polar surface area (TPSA) is 182 Å². The lowest BCUT2D eigenvalue weighted by Gasteiger charge is -2.44. The van der Waals surface area contributed by atoms with Gasteiger partial charge in [-0.2, -0.15) is 13.2 Å². The molecule has 0 aromatic carbocycles. The highest BCUT2D eigenvalue weighted by Gasteiger charge is 2.54. The highest BCUT2D eigenvalue weighted by atomic mass is 19.4. The maximum Gasteiger partial charge on any atom is 0.391 e. The van der Waals surface area contributed by atoms with Crippen molar-refractivity contribution in [2.24, 2.45) is 81.8 Å². The molecule has 10 saturated carbocycles. The fraction of sp³-hybridized carbons (Fsp3) is 1.00. The molecule has 10 fully saturated rings. The summed E-state index contributed by atoms with van der Waals surface area (Å²) < 4.78 is 140. The van der Waals surface area contributed by atoms with Crippen LogP contribution in [0.3, 0.4) is 0 Å². The van der Waals surface area contributed by atoms with Crippen molar-refractivity contribution in [3.8, 4) is 0 Å². The molecule has 10 rings (SSSR count). The molecule has 0 bridgehead atoms. The minimum Gasteiger partial charge on any atom is -0.390 e. The van der Waals surface area contributed by atoms with Crippen molar-refractivity contribution in [1.29, 1.82) is 0 Å². The van der Waals surface area contributed by atoms with E-state index in [4.69, 9.17) is 0 Å². The third kappa shape index (κ3) is 33.5. The Morgan fingerprint density at radius 3 is 0.731 bits per heavy atom. The van der Waals surface area contributed by atoms with Gasteiger partial charge < -0.3 is 46.0 Å². The monoisotopic (exact) mass is 1570 g/mol. The second kappa shape index (κ2) is 40.8. The van der Waals surface area contributed by atoms with Gasteiger partial charge in [0, 0.05) is 51.4 Å². The summed E-state index contributed by atoms with van der Waals surface area (Å²) >= 11 is 0. The summed E-state index contributed by atoms with van der Waals surface area (Å²) in [5.41, 5.74) is -5.84. The second-order valence-electron chi connectivity index (χ2n) is 40.8. The normalized spacial score (nSPS) is 35.8. The van der Waals surface area contributed by atoms with Crippen molar-refractivity contribution in [3.63, 3.8) is 0 Å². The van der Waals surface area contributed by atoms with Gasteiger partial charge in [-0.05, 0) is 230 Å². The molecule has 0 amide bonds. The molecule has 20 heteroatoms. The molecule has 0 heterocycles. The van der Waals surface area contributed by atoms with Crippen molar-refractivity contribution in [2.75, 3.05) is 0 Å². The van der Waals surface area contributed by atoms with Gasteiger partial charge in [-0.15, -0.1) is 0 Å². The van der Waals surface area contributed by atoms with Crippen molar-refractivity contribution in [3.05, 3.63) is 0 Å². The SMILES string of the molecule is CC(C)C1(O)CCC(F)(F)CC1.CC(C)C1(O)CCCC(C(F)(F)F)C1.CC(C)C1(O)CCCC(C)(C)C1.CC(C)C1(O)CCCC(F)(F)C1.CC(C)C1(O)CCCC2(CC2)C1.CC(C)[C@@]1(O)CCCC(F)(F)C1.CC(C)[C@@]1(O)CCC[C@@H](C)C1.CC(C)[C@]1(O)CCCC(F)(F)C1.CC(C)[C@]1(O)CCC[C@H](C)C1. The smallest absolute Gasteiger partial charge is 0.390 e. The minimum atomic E-state index is -4.15. The molecule has 5 unspecified atom stereocenters. The molecule has 0 radical (unpaired) electrons. The van der Waals surface area contributed by atoms with Gasteiger partial charge in [0.1, 0.15) is 0 Å². The summed E-state index contributed by atoms with van der Waals surface area (Å²) in [4.78, 5) is 0. The lowest BCUT2D eigenvalue weighted by Crippen LogP contribution is -2.44. The molecule has 10 aliphatic carbocycles. The lowest BCUT2D eigenvalue weighted by molar-refractivity contribution is -0.205. The Morgan fingerprint density at radius 1 is 0.250 bits per heavy atom. The maximum absolute atomic E-state index is 12.9.